The van der Waals surface area contributed by atoms with E-state index in [2.05, 4.69) is 50.3 Å². The van der Waals surface area contributed by atoms with Crippen LogP contribution < -0.4 is 21.3 Å². The van der Waals surface area contributed by atoms with Crippen LogP contribution >= 0.6 is 15.9 Å². The number of nitrogens with zero attached hydrogens (tertiary/aromatic N) is 2. The Morgan fingerprint density at radius 2 is 1.74 bits per heavy atom. The van der Waals surface area contributed by atoms with Gasteiger partial charge in [0, 0.05) is 52.0 Å². The van der Waals surface area contributed by atoms with Gasteiger partial charge in [0.25, 0.3) is 11.8 Å². The molecule has 3 heterocycles. The molecule has 1 saturated carbocycles. The Morgan fingerprint density at radius 1 is 1.05 bits per heavy atom. The number of Topliss-reactive ketones (excluding diaryl/α,β-unsaturated/α-hetero) is 1. The highest BCUT2D eigenvalue weighted by Gasteiger charge is 2.42. The number of ketones is 1. The van der Waals surface area contributed by atoms with E-state index in [1.807, 2.05) is 12.1 Å². The monoisotopic (exact) mass is 581 g/mol. The zero-order valence-electron chi connectivity index (χ0n) is 22.0. The van der Waals surface area contributed by atoms with Gasteiger partial charge in [0.15, 0.2) is 5.78 Å². The summed E-state index contributed by atoms with van der Waals surface area (Å²) in [5.41, 5.74) is 7.77. The van der Waals surface area contributed by atoms with Crippen LogP contribution in [0.25, 0.3) is 0 Å². The summed E-state index contributed by atoms with van der Waals surface area (Å²) in [6.45, 7) is 4.16. The molecule has 3 fully saturated rings. The van der Waals surface area contributed by atoms with E-state index in [9.17, 15) is 14.4 Å². The SMILES string of the molecule is CCC(CC)Nc1cc(C(=O)N[C@H]2C[C@H]3CC[C@@H](C2)N3c2ccc(C(=O)C3CC3)cn2)c(Br)cc1C(N)=O. The van der Waals surface area contributed by atoms with Gasteiger partial charge < -0.3 is 21.3 Å². The number of amides is 2. The highest BCUT2D eigenvalue weighted by molar-refractivity contribution is 9.10. The van der Waals surface area contributed by atoms with Crippen molar-refractivity contribution in [3.63, 3.8) is 0 Å². The topological polar surface area (TPSA) is 117 Å². The van der Waals surface area contributed by atoms with Gasteiger partial charge in [0.1, 0.15) is 5.82 Å². The van der Waals surface area contributed by atoms with E-state index in [1.165, 1.54) is 0 Å². The number of halogens is 1. The summed E-state index contributed by atoms with van der Waals surface area (Å²) in [5, 5.41) is 6.63. The molecule has 38 heavy (non-hydrogen) atoms. The van der Waals surface area contributed by atoms with Crippen LogP contribution in [-0.2, 0) is 0 Å². The Kier molecular flexibility index (Phi) is 7.75. The molecule has 0 unspecified atom stereocenters. The fourth-order valence-electron chi connectivity index (χ4n) is 5.98. The average Bonchev–Trinajstić information content (AvgIpc) is 3.72. The Bertz CT molecular complexity index is 1210. The van der Waals surface area contributed by atoms with Gasteiger partial charge in [-0.2, -0.15) is 0 Å². The largest absolute Gasteiger partial charge is 0.382 e. The minimum atomic E-state index is -0.534. The summed E-state index contributed by atoms with van der Waals surface area (Å²) in [5.74, 6) is 0.614. The molecule has 4 N–H and O–H groups in total. The maximum absolute atomic E-state index is 13.4. The second-order valence-corrected chi connectivity index (χ2v) is 11.7. The highest BCUT2D eigenvalue weighted by Crippen LogP contribution is 2.39. The van der Waals surface area contributed by atoms with Crippen molar-refractivity contribution >= 4 is 45.0 Å². The van der Waals surface area contributed by atoms with E-state index in [4.69, 9.17) is 5.73 Å². The van der Waals surface area contributed by atoms with E-state index >= 15 is 0 Å². The summed E-state index contributed by atoms with van der Waals surface area (Å²) < 4.78 is 0.546. The zero-order valence-corrected chi connectivity index (χ0v) is 23.6. The number of carbonyl (C=O) groups excluding carboxylic acids is 3. The molecule has 5 rings (SSSR count). The van der Waals surface area contributed by atoms with Crippen LogP contribution in [0.4, 0.5) is 11.5 Å². The lowest BCUT2D eigenvalue weighted by Crippen LogP contribution is -2.50. The first kappa shape index (κ1) is 26.7. The average molecular weight is 583 g/mol. The number of nitrogens with two attached hydrogens (primary N) is 1. The van der Waals surface area contributed by atoms with Crippen LogP contribution in [0.15, 0.2) is 34.9 Å². The van der Waals surface area contributed by atoms with Crippen molar-refractivity contribution in [2.24, 2.45) is 11.7 Å². The number of benzene rings is 1. The van der Waals surface area contributed by atoms with Crippen molar-refractivity contribution in [1.82, 2.24) is 10.3 Å². The number of nitrogens with one attached hydrogen (secondary N) is 2. The Balaban J connectivity index is 1.27. The quantitative estimate of drug-likeness (QED) is 0.337. The van der Waals surface area contributed by atoms with Crippen molar-refractivity contribution in [3.05, 3.63) is 51.6 Å². The van der Waals surface area contributed by atoms with Crippen molar-refractivity contribution in [1.29, 1.82) is 0 Å². The van der Waals surface area contributed by atoms with Gasteiger partial charge in [-0.15, -0.1) is 0 Å². The maximum atomic E-state index is 13.4. The highest BCUT2D eigenvalue weighted by atomic mass is 79.9. The third-order valence-corrected chi connectivity index (χ3v) is 8.93. The summed E-state index contributed by atoms with van der Waals surface area (Å²) in [4.78, 5) is 44.9. The molecular formula is C29H36BrN5O3. The predicted molar refractivity (Wildman–Crippen MR) is 152 cm³/mol. The van der Waals surface area contributed by atoms with Crippen LogP contribution in [0, 0.1) is 5.92 Å². The van der Waals surface area contributed by atoms with E-state index in [0.29, 0.717) is 38.9 Å². The number of hydrogen-bond donors (Lipinski definition) is 3. The lowest BCUT2D eigenvalue weighted by Gasteiger charge is -2.40. The summed E-state index contributed by atoms with van der Waals surface area (Å²) in [7, 11) is 0. The number of anilines is 2. The van der Waals surface area contributed by atoms with Gasteiger partial charge in [0.05, 0.1) is 11.1 Å². The molecule has 2 aliphatic heterocycles. The second kappa shape index (κ2) is 11.0. The first-order valence-electron chi connectivity index (χ1n) is 13.8. The third-order valence-electron chi connectivity index (χ3n) is 8.28. The molecule has 2 aromatic rings. The van der Waals surface area contributed by atoms with Gasteiger partial charge in [-0.05, 0) is 91.6 Å². The molecule has 2 amide bonds. The fraction of sp³-hybridized carbons (Fsp3) is 0.517. The molecule has 1 aromatic carbocycles. The Labute approximate surface area is 232 Å². The second-order valence-electron chi connectivity index (χ2n) is 10.9. The molecule has 2 bridgehead atoms. The number of hydrogen-bond acceptors (Lipinski definition) is 6. The predicted octanol–water partition coefficient (Wildman–Crippen LogP) is 5.07. The van der Waals surface area contributed by atoms with Crippen molar-refractivity contribution in [3.8, 4) is 0 Å². The number of aromatic nitrogens is 1. The molecule has 202 valence electrons. The minimum Gasteiger partial charge on any atom is -0.382 e. The van der Waals surface area contributed by atoms with Gasteiger partial charge in [-0.25, -0.2) is 4.98 Å². The van der Waals surface area contributed by atoms with Gasteiger partial charge >= 0.3 is 0 Å². The first-order valence-corrected chi connectivity index (χ1v) is 14.6. The van der Waals surface area contributed by atoms with Crippen LogP contribution in [0.3, 0.4) is 0 Å². The number of rotatable bonds is 10. The van der Waals surface area contributed by atoms with Crippen molar-refractivity contribution in [2.45, 2.75) is 89.4 Å². The van der Waals surface area contributed by atoms with Gasteiger partial charge in [-0.1, -0.05) is 13.8 Å². The lowest BCUT2D eigenvalue weighted by molar-refractivity contribution is 0.0923. The summed E-state index contributed by atoms with van der Waals surface area (Å²) >= 11 is 3.48. The third kappa shape index (κ3) is 5.44. The zero-order chi connectivity index (χ0) is 27.0. The van der Waals surface area contributed by atoms with Crippen LogP contribution in [-0.4, -0.2) is 46.7 Å². The minimum absolute atomic E-state index is 0.0464. The molecule has 0 radical (unpaired) electrons. The molecule has 8 nitrogen and oxygen atoms in total. The van der Waals surface area contributed by atoms with Gasteiger partial charge in [-0.3, -0.25) is 14.4 Å². The molecule has 3 atom stereocenters. The first-order chi connectivity index (χ1) is 18.3. The fourth-order valence-corrected chi connectivity index (χ4v) is 6.50. The Hall–Kier alpha value is -2.94. The van der Waals surface area contributed by atoms with Gasteiger partial charge in [0.2, 0.25) is 0 Å². The number of piperidine rings is 1. The number of primary amides is 1. The molecule has 2 saturated heterocycles. The summed E-state index contributed by atoms with van der Waals surface area (Å²) in [6, 6.07) is 8.08. The molecular weight excluding hydrogens is 546 g/mol. The van der Waals surface area contributed by atoms with Crippen molar-refractivity contribution in [2.75, 3.05) is 10.2 Å². The van der Waals surface area contributed by atoms with Crippen molar-refractivity contribution < 1.29 is 14.4 Å². The number of carbonyl (C=O) groups is 3. The van der Waals surface area contributed by atoms with E-state index in [0.717, 1.165) is 57.2 Å². The van der Waals surface area contributed by atoms with Crippen LogP contribution in [0.2, 0.25) is 0 Å². The summed E-state index contributed by atoms with van der Waals surface area (Å²) in [6.07, 6.45) is 9.28. The molecule has 1 aromatic heterocycles. The standard InChI is InChI=1S/C29H36BrN5O3/c1-3-18(4-2)33-25-14-22(24(30)13-23(25)28(31)37)29(38)34-19-11-20-8-9-21(12-19)35(20)26-10-7-17(15-32-26)27(36)16-5-6-16/h7,10,13-16,18-21,33H,3-6,8-9,11-12H2,1-2H3,(H2,31,37)(H,34,38)/t19-,20+,21-. The molecule has 1 aliphatic carbocycles. The van der Waals surface area contributed by atoms with Crippen LogP contribution in [0.5, 0.6) is 0 Å². The van der Waals surface area contributed by atoms with Crippen LogP contribution in [0.1, 0.15) is 96.3 Å². The number of fused-ring (bicyclic) bond motifs is 2. The smallest absolute Gasteiger partial charge is 0.252 e. The van der Waals surface area contributed by atoms with E-state index in [1.54, 1.807) is 18.3 Å². The maximum Gasteiger partial charge on any atom is 0.252 e. The molecule has 9 heteroatoms. The normalized spacial score (nSPS) is 22.4. The Morgan fingerprint density at radius 3 is 2.29 bits per heavy atom. The number of pyridine rings is 1. The van der Waals surface area contributed by atoms with E-state index in [-0.39, 0.29) is 29.7 Å². The molecule has 3 aliphatic rings. The van der Waals surface area contributed by atoms with E-state index < -0.39 is 5.91 Å². The molecule has 0 spiro atoms. The lowest BCUT2D eigenvalue weighted by atomic mass is 9.96.